The summed E-state index contributed by atoms with van der Waals surface area (Å²) in [5.74, 6) is -1.54. The van der Waals surface area contributed by atoms with E-state index in [1.807, 2.05) is 12.1 Å². The second-order valence-corrected chi connectivity index (χ2v) is 4.49. The Morgan fingerprint density at radius 3 is 2.79 bits per heavy atom. The Bertz CT molecular complexity index is 501. The van der Waals surface area contributed by atoms with E-state index in [0.717, 1.165) is 18.7 Å². The number of aliphatic hydroxyl groups is 1. The van der Waals surface area contributed by atoms with Gasteiger partial charge in [-0.05, 0) is 23.3 Å². The summed E-state index contributed by atoms with van der Waals surface area (Å²) in [6.45, 7) is 1.71. The minimum Gasteiger partial charge on any atom is -0.479 e. The van der Waals surface area contributed by atoms with Crippen LogP contribution in [0, 0.1) is 0 Å². The van der Waals surface area contributed by atoms with Crippen molar-refractivity contribution in [1.29, 1.82) is 0 Å². The summed E-state index contributed by atoms with van der Waals surface area (Å²) < 4.78 is 0. The third-order valence-electron chi connectivity index (χ3n) is 3.09. The van der Waals surface area contributed by atoms with Crippen LogP contribution in [0.25, 0.3) is 0 Å². The number of rotatable bonds is 5. The van der Waals surface area contributed by atoms with Gasteiger partial charge in [0.2, 0.25) is 0 Å². The van der Waals surface area contributed by atoms with Crippen molar-refractivity contribution in [2.75, 3.05) is 6.54 Å². The number of carbonyl (C=O) groups is 2. The van der Waals surface area contributed by atoms with Gasteiger partial charge in [0.15, 0.2) is 6.10 Å². The lowest BCUT2D eigenvalue weighted by Crippen LogP contribution is -2.30. The summed E-state index contributed by atoms with van der Waals surface area (Å²) in [7, 11) is 0. The number of hydrogen-bond acceptors (Lipinski definition) is 4. The van der Waals surface area contributed by atoms with E-state index in [4.69, 9.17) is 10.2 Å². The lowest BCUT2D eigenvalue weighted by atomic mass is 10.1. The minimum absolute atomic E-state index is 0.00638. The molecule has 2 rings (SSSR count). The predicted octanol–water partition coefficient (Wildman–Crippen LogP) is -0.145. The summed E-state index contributed by atoms with van der Waals surface area (Å²) in [5, 5.41) is 23.4. The summed E-state index contributed by atoms with van der Waals surface area (Å²) in [6, 6.07) is 5.49. The molecule has 1 atom stereocenters. The van der Waals surface area contributed by atoms with Crippen molar-refractivity contribution in [2.24, 2.45) is 0 Å². The van der Waals surface area contributed by atoms with Crippen LogP contribution >= 0.6 is 0 Å². The molecule has 0 radical (unpaired) electrons. The highest BCUT2D eigenvalue weighted by atomic mass is 16.4. The SMILES string of the molecule is O=C(NCCC(O)C(=O)O)c1ccc2c(c1)CNC2. The maximum absolute atomic E-state index is 11.8. The van der Waals surface area contributed by atoms with Crippen LogP contribution in [-0.2, 0) is 17.9 Å². The fourth-order valence-electron chi connectivity index (χ4n) is 1.98. The number of aliphatic hydroxyl groups excluding tert-OH is 1. The smallest absolute Gasteiger partial charge is 0.332 e. The molecule has 0 aliphatic carbocycles. The highest BCUT2D eigenvalue weighted by Gasteiger charge is 2.15. The minimum atomic E-state index is -1.44. The van der Waals surface area contributed by atoms with Crippen LogP contribution in [0.1, 0.15) is 27.9 Å². The van der Waals surface area contributed by atoms with Gasteiger partial charge in [0.25, 0.3) is 5.91 Å². The van der Waals surface area contributed by atoms with Gasteiger partial charge in [-0.2, -0.15) is 0 Å². The highest BCUT2D eigenvalue weighted by molar-refractivity contribution is 5.94. The number of benzene rings is 1. The van der Waals surface area contributed by atoms with Crippen LogP contribution in [0.15, 0.2) is 18.2 Å². The van der Waals surface area contributed by atoms with E-state index in [1.54, 1.807) is 6.07 Å². The Labute approximate surface area is 110 Å². The van der Waals surface area contributed by atoms with Gasteiger partial charge in [-0.25, -0.2) is 4.79 Å². The lowest BCUT2D eigenvalue weighted by molar-refractivity contribution is -0.146. The molecule has 1 heterocycles. The van der Waals surface area contributed by atoms with Crippen LogP contribution in [-0.4, -0.2) is 34.7 Å². The van der Waals surface area contributed by atoms with Crippen LogP contribution in [0.3, 0.4) is 0 Å². The van der Waals surface area contributed by atoms with Gasteiger partial charge in [-0.3, -0.25) is 4.79 Å². The Morgan fingerprint density at radius 1 is 1.32 bits per heavy atom. The van der Waals surface area contributed by atoms with E-state index in [-0.39, 0.29) is 18.9 Å². The van der Waals surface area contributed by atoms with E-state index in [2.05, 4.69) is 10.6 Å². The molecule has 6 heteroatoms. The summed E-state index contributed by atoms with van der Waals surface area (Å²) in [5.41, 5.74) is 2.85. The third-order valence-corrected chi connectivity index (χ3v) is 3.09. The van der Waals surface area contributed by atoms with Crippen molar-refractivity contribution in [2.45, 2.75) is 25.6 Å². The molecule has 6 nitrogen and oxygen atoms in total. The molecular weight excluding hydrogens is 248 g/mol. The molecule has 0 saturated heterocycles. The number of carbonyl (C=O) groups excluding carboxylic acids is 1. The molecule has 1 aromatic rings. The molecule has 102 valence electrons. The number of hydrogen-bond donors (Lipinski definition) is 4. The Morgan fingerprint density at radius 2 is 2.05 bits per heavy atom. The van der Waals surface area contributed by atoms with Crippen molar-refractivity contribution in [1.82, 2.24) is 10.6 Å². The molecule has 1 aliphatic rings. The number of fused-ring (bicyclic) bond motifs is 1. The van der Waals surface area contributed by atoms with E-state index in [0.29, 0.717) is 5.56 Å². The molecule has 1 unspecified atom stereocenters. The zero-order chi connectivity index (χ0) is 13.8. The Hall–Kier alpha value is -1.92. The maximum atomic E-state index is 11.8. The molecular formula is C13H16N2O4. The number of aliphatic carboxylic acids is 1. The molecule has 4 N–H and O–H groups in total. The van der Waals surface area contributed by atoms with Gasteiger partial charge >= 0.3 is 5.97 Å². The number of carboxylic acids is 1. The first kappa shape index (κ1) is 13.5. The van der Waals surface area contributed by atoms with Gasteiger partial charge in [0.1, 0.15) is 0 Å². The summed E-state index contributed by atoms with van der Waals surface area (Å²) in [4.78, 5) is 22.2. The standard InChI is InChI=1S/C13H16N2O4/c16-11(13(18)19)3-4-15-12(17)8-1-2-9-6-14-7-10(9)5-8/h1-2,5,11,14,16H,3-4,6-7H2,(H,15,17)(H,18,19). The average molecular weight is 264 g/mol. The van der Waals surface area contributed by atoms with Gasteiger partial charge < -0.3 is 20.8 Å². The Balaban J connectivity index is 1.88. The van der Waals surface area contributed by atoms with Crippen molar-refractivity contribution < 1.29 is 19.8 Å². The van der Waals surface area contributed by atoms with Crippen molar-refractivity contribution in [3.05, 3.63) is 34.9 Å². The van der Waals surface area contributed by atoms with Crippen molar-refractivity contribution in [3.63, 3.8) is 0 Å². The van der Waals surface area contributed by atoms with Gasteiger partial charge in [0.05, 0.1) is 0 Å². The first-order valence-electron chi connectivity index (χ1n) is 6.09. The highest BCUT2D eigenvalue weighted by Crippen LogP contribution is 2.16. The third kappa shape index (κ3) is 3.30. The molecule has 0 aromatic heterocycles. The Kier molecular flexibility index (Phi) is 4.13. The molecule has 19 heavy (non-hydrogen) atoms. The van der Waals surface area contributed by atoms with Crippen LogP contribution in [0.4, 0.5) is 0 Å². The summed E-state index contributed by atoms with van der Waals surface area (Å²) in [6.07, 6.45) is -1.45. The summed E-state index contributed by atoms with van der Waals surface area (Å²) >= 11 is 0. The first-order valence-corrected chi connectivity index (χ1v) is 6.09. The first-order chi connectivity index (χ1) is 9.08. The van der Waals surface area contributed by atoms with Gasteiger partial charge in [-0.15, -0.1) is 0 Å². The van der Waals surface area contributed by atoms with E-state index in [1.165, 1.54) is 5.56 Å². The molecule has 0 saturated carbocycles. The number of amides is 1. The largest absolute Gasteiger partial charge is 0.479 e. The van der Waals surface area contributed by atoms with E-state index in [9.17, 15) is 9.59 Å². The molecule has 0 spiro atoms. The monoisotopic (exact) mass is 264 g/mol. The van der Waals surface area contributed by atoms with Crippen LogP contribution in [0.5, 0.6) is 0 Å². The number of carboxylic acid groups (broad SMARTS) is 1. The lowest BCUT2D eigenvalue weighted by Gasteiger charge is -2.08. The van der Waals surface area contributed by atoms with E-state index < -0.39 is 12.1 Å². The van der Waals surface area contributed by atoms with Gasteiger partial charge in [-0.1, -0.05) is 6.07 Å². The predicted molar refractivity (Wildman–Crippen MR) is 67.6 cm³/mol. The average Bonchev–Trinajstić information content (AvgIpc) is 2.85. The van der Waals surface area contributed by atoms with Crippen molar-refractivity contribution in [3.8, 4) is 0 Å². The molecule has 0 fully saturated rings. The zero-order valence-corrected chi connectivity index (χ0v) is 10.3. The fourth-order valence-corrected chi connectivity index (χ4v) is 1.98. The van der Waals surface area contributed by atoms with Gasteiger partial charge in [0, 0.05) is 31.6 Å². The second-order valence-electron chi connectivity index (χ2n) is 4.49. The topological polar surface area (TPSA) is 98.7 Å². The molecule has 0 bridgehead atoms. The molecule has 1 aliphatic heterocycles. The molecule has 1 aromatic carbocycles. The van der Waals surface area contributed by atoms with Crippen LogP contribution < -0.4 is 10.6 Å². The number of nitrogens with one attached hydrogen (secondary N) is 2. The maximum Gasteiger partial charge on any atom is 0.332 e. The molecule has 1 amide bonds. The quantitative estimate of drug-likeness (QED) is 0.593. The second kappa shape index (κ2) is 5.81. The van der Waals surface area contributed by atoms with Crippen molar-refractivity contribution >= 4 is 11.9 Å². The zero-order valence-electron chi connectivity index (χ0n) is 10.3. The fraction of sp³-hybridized carbons (Fsp3) is 0.385. The van der Waals surface area contributed by atoms with E-state index >= 15 is 0 Å². The van der Waals surface area contributed by atoms with Crippen LogP contribution in [0.2, 0.25) is 0 Å². The normalized spacial score (nSPS) is 14.8.